The molecule has 3 nitrogen and oxygen atoms in total. The first-order chi connectivity index (χ1) is 8.15. The molecule has 0 bridgehead atoms. The molecule has 0 aliphatic heterocycles. The number of rotatable bonds is 4. The summed E-state index contributed by atoms with van der Waals surface area (Å²) in [7, 11) is 1.83. The number of aryl methyl sites for hydroxylation is 1. The van der Waals surface area contributed by atoms with Crippen molar-refractivity contribution in [1.82, 2.24) is 4.90 Å². The second-order valence-corrected chi connectivity index (χ2v) is 4.73. The van der Waals surface area contributed by atoms with E-state index in [1.807, 2.05) is 26.1 Å². The molecule has 0 spiro atoms. The third-order valence-corrected chi connectivity index (χ3v) is 3.16. The van der Waals surface area contributed by atoms with E-state index in [9.17, 15) is 4.79 Å². The summed E-state index contributed by atoms with van der Waals surface area (Å²) in [5, 5.41) is 0. The van der Waals surface area contributed by atoms with Gasteiger partial charge in [0.1, 0.15) is 11.5 Å². The molecule has 92 valence electrons. The van der Waals surface area contributed by atoms with Crippen molar-refractivity contribution in [2.24, 2.45) is 5.92 Å². The van der Waals surface area contributed by atoms with Crippen LogP contribution in [0.25, 0.3) is 0 Å². The molecule has 2 rings (SSSR count). The van der Waals surface area contributed by atoms with Crippen LogP contribution in [0.2, 0.25) is 0 Å². The minimum Gasteiger partial charge on any atom is -0.464 e. The van der Waals surface area contributed by atoms with E-state index in [0.29, 0.717) is 18.9 Å². The highest BCUT2D eigenvalue weighted by Gasteiger charge is 2.17. The van der Waals surface area contributed by atoms with Crippen molar-refractivity contribution in [3.8, 4) is 0 Å². The molecule has 0 radical (unpaired) electrons. The number of hydrogen-bond acceptors (Lipinski definition) is 2. The van der Waals surface area contributed by atoms with Gasteiger partial charge in [-0.15, -0.1) is 0 Å². The standard InChI is InChI=1S/C14H19NO2/c1-11-7-8-13(17-11)10-15(2)14(16)9-12-5-3-4-6-12/h3,5,7-8,12H,4,6,9-10H2,1-2H3. The van der Waals surface area contributed by atoms with E-state index in [-0.39, 0.29) is 5.91 Å². The van der Waals surface area contributed by atoms with Crippen LogP contribution in [0.5, 0.6) is 0 Å². The lowest BCUT2D eigenvalue weighted by atomic mass is 10.0. The third kappa shape index (κ3) is 3.22. The van der Waals surface area contributed by atoms with Gasteiger partial charge in [0.25, 0.3) is 0 Å². The number of hydrogen-bond donors (Lipinski definition) is 0. The highest BCUT2D eigenvalue weighted by Crippen LogP contribution is 2.21. The molecule has 0 fully saturated rings. The maximum atomic E-state index is 12.0. The van der Waals surface area contributed by atoms with Gasteiger partial charge in [0.2, 0.25) is 5.91 Å². The average Bonchev–Trinajstić information content (AvgIpc) is 2.90. The van der Waals surface area contributed by atoms with Gasteiger partial charge in [0.05, 0.1) is 6.54 Å². The molecule has 0 N–H and O–H groups in total. The second-order valence-electron chi connectivity index (χ2n) is 4.73. The Morgan fingerprint density at radius 1 is 1.53 bits per heavy atom. The van der Waals surface area contributed by atoms with E-state index in [2.05, 4.69) is 12.2 Å². The Bertz CT molecular complexity index is 420. The van der Waals surface area contributed by atoms with Gasteiger partial charge >= 0.3 is 0 Å². The maximum absolute atomic E-state index is 12.0. The van der Waals surface area contributed by atoms with Gasteiger partial charge in [-0.1, -0.05) is 12.2 Å². The smallest absolute Gasteiger partial charge is 0.223 e. The Balaban J connectivity index is 1.84. The minimum absolute atomic E-state index is 0.190. The van der Waals surface area contributed by atoms with Crippen LogP contribution in [0.4, 0.5) is 0 Å². The van der Waals surface area contributed by atoms with Crippen LogP contribution in [0.3, 0.4) is 0 Å². The molecule has 1 heterocycles. The number of carbonyl (C=O) groups is 1. The first kappa shape index (κ1) is 12.0. The fourth-order valence-corrected chi connectivity index (χ4v) is 2.14. The zero-order chi connectivity index (χ0) is 12.3. The molecule has 0 aromatic carbocycles. The van der Waals surface area contributed by atoms with Gasteiger partial charge in [0.15, 0.2) is 0 Å². The van der Waals surface area contributed by atoms with Crippen molar-refractivity contribution in [3.63, 3.8) is 0 Å². The Kier molecular flexibility index (Phi) is 3.67. The summed E-state index contributed by atoms with van der Waals surface area (Å²) < 4.78 is 5.47. The molecule has 3 heteroatoms. The first-order valence-corrected chi connectivity index (χ1v) is 6.11. The van der Waals surface area contributed by atoms with E-state index >= 15 is 0 Å². The number of nitrogens with zero attached hydrogens (tertiary/aromatic N) is 1. The Hall–Kier alpha value is -1.51. The van der Waals surface area contributed by atoms with Crippen molar-refractivity contribution in [2.45, 2.75) is 32.7 Å². The van der Waals surface area contributed by atoms with E-state index in [1.165, 1.54) is 0 Å². The molecule has 1 amide bonds. The maximum Gasteiger partial charge on any atom is 0.223 e. The molecule has 0 saturated carbocycles. The molecule has 1 aromatic heterocycles. The van der Waals surface area contributed by atoms with Crippen LogP contribution in [-0.2, 0) is 11.3 Å². The molecule has 1 unspecified atom stereocenters. The Labute approximate surface area is 102 Å². The largest absolute Gasteiger partial charge is 0.464 e. The summed E-state index contributed by atoms with van der Waals surface area (Å²) in [6, 6.07) is 3.85. The predicted octanol–water partition coefficient (Wildman–Crippen LogP) is 2.90. The zero-order valence-electron chi connectivity index (χ0n) is 10.5. The van der Waals surface area contributed by atoms with Crippen LogP contribution in [0.1, 0.15) is 30.8 Å². The van der Waals surface area contributed by atoms with Gasteiger partial charge in [0, 0.05) is 13.5 Å². The fourth-order valence-electron chi connectivity index (χ4n) is 2.14. The van der Waals surface area contributed by atoms with E-state index in [4.69, 9.17) is 4.42 Å². The van der Waals surface area contributed by atoms with Crippen molar-refractivity contribution >= 4 is 5.91 Å². The zero-order valence-corrected chi connectivity index (χ0v) is 10.5. The lowest BCUT2D eigenvalue weighted by Gasteiger charge is -2.17. The number of amides is 1. The summed E-state index contributed by atoms with van der Waals surface area (Å²) in [6.07, 6.45) is 7.15. The summed E-state index contributed by atoms with van der Waals surface area (Å²) in [4.78, 5) is 13.7. The molecule has 17 heavy (non-hydrogen) atoms. The molecule has 1 aromatic rings. The SMILES string of the molecule is Cc1ccc(CN(C)C(=O)CC2C=CCC2)o1. The Morgan fingerprint density at radius 3 is 2.94 bits per heavy atom. The van der Waals surface area contributed by atoms with Gasteiger partial charge < -0.3 is 9.32 Å². The summed E-state index contributed by atoms with van der Waals surface area (Å²) in [5.41, 5.74) is 0. The van der Waals surface area contributed by atoms with Crippen LogP contribution in [0.15, 0.2) is 28.7 Å². The number of furan rings is 1. The molecular weight excluding hydrogens is 214 g/mol. The van der Waals surface area contributed by atoms with Crippen molar-refractivity contribution < 1.29 is 9.21 Å². The summed E-state index contributed by atoms with van der Waals surface area (Å²) >= 11 is 0. The average molecular weight is 233 g/mol. The monoisotopic (exact) mass is 233 g/mol. The van der Waals surface area contributed by atoms with Crippen LogP contribution in [-0.4, -0.2) is 17.9 Å². The van der Waals surface area contributed by atoms with Gasteiger partial charge in [-0.3, -0.25) is 4.79 Å². The minimum atomic E-state index is 0.190. The highest BCUT2D eigenvalue weighted by atomic mass is 16.3. The predicted molar refractivity (Wildman–Crippen MR) is 66.4 cm³/mol. The normalized spacial score (nSPS) is 18.6. The molecule has 1 aliphatic rings. The van der Waals surface area contributed by atoms with Gasteiger partial charge in [-0.2, -0.15) is 0 Å². The molecule has 0 saturated heterocycles. The number of allylic oxidation sites excluding steroid dienone is 2. The highest BCUT2D eigenvalue weighted by molar-refractivity contribution is 5.76. The topological polar surface area (TPSA) is 33.5 Å². The lowest BCUT2D eigenvalue weighted by Crippen LogP contribution is -2.27. The number of carbonyl (C=O) groups excluding carboxylic acids is 1. The first-order valence-electron chi connectivity index (χ1n) is 6.11. The summed E-state index contributed by atoms with van der Waals surface area (Å²) in [6.45, 7) is 2.47. The van der Waals surface area contributed by atoms with Crippen LogP contribution >= 0.6 is 0 Å². The van der Waals surface area contributed by atoms with Crippen LogP contribution in [0, 0.1) is 12.8 Å². The van der Waals surface area contributed by atoms with Gasteiger partial charge in [-0.05, 0) is 37.8 Å². The molecule has 1 atom stereocenters. The van der Waals surface area contributed by atoms with Gasteiger partial charge in [-0.25, -0.2) is 0 Å². The summed E-state index contributed by atoms with van der Waals surface area (Å²) in [5.74, 6) is 2.36. The quantitative estimate of drug-likeness (QED) is 0.749. The van der Waals surface area contributed by atoms with E-state index in [0.717, 1.165) is 24.4 Å². The lowest BCUT2D eigenvalue weighted by molar-refractivity contribution is -0.131. The van der Waals surface area contributed by atoms with Crippen LogP contribution < -0.4 is 0 Å². The molecular formula is C14H19NO2. The fraction of sp³-hybridized carbons (Fsp3) is 0.500. The Morgan fingerprint density at radius 2 is 2.35 bits per heavy atom. The second kappa shape index (κ2) is 5.21. The molecule has 1 aliphatic carbocycles. The van der Waals surface area contributed by atoms with Crippen molar-refractivity contribution in [3.05, 3.63) is 35.8 Å². The van der Waals surface area contributed by atoms with Crippen molar-refractivity contribution in [1.29, 1.82) is 0 Å². The van der Waals surface area contributed by atoms with E-state index < -0.39 is 0 Å². The third-order valence-electron chi connectivity index (χ3n) is 3.16. The van der Waals surface area contributed by atoms with Crippen molar-refractivity contribution in [2.75, 3.05) is 7.05 Å². The van der Waals surface area contributed by atoms with E-state index in [1.54, 1.807) is 4.90 Å².